The highest BCUT2D eigenvalue weighted by Crippen LogP contribution is 2.40. The van der Waals surface area contributed by atoms with E-state index < -0.39 is 0 Å². The Morgan fingerprint density at radius 2 is 1.06 bits per heavy atom. The molecular weight excluding hydrogens is 649 g/mol. The van der Waals surface area contributed by atoms with E-state index in [-0.39, 0.29) is 5.12 Å². The van der Waals surface area contributed by atoms with Crippen LogP contribution in [-0.2, 0) is 24.4 Å². The van der Waals surface area contributed by atoms with Crippen LogP contribution in [0, 0.1) is 0 Å². The molecule has 0 saturated heterocycles. The minimum atomic E-state index is -0.142. The molecule has 0 saturated carbocycles. The summed E-state index contributed by atoms with van der Waals surface area (Å²) in [6.07, 6.45) is 0.872. The zero-order valence-electron chi connectivity index (χ0n) is 27.8. The van der Waals surface area contributed by atoms with E-state index in [0.717, 1.165) is 83.3 Å². The Labute approximate surface area is 302 Å². The smallest absolute Gasteiger partial charge is 0.186 e. The van der Waals surface area contributed by atoms with Gasteiger partial charge in [-0.1, -0.05) is 97.1 Å². The van der Waals surface area contributed by atoms with Crippen molar-refractivity contribution in [1.82, 2.24) is 9.97 Å². The molecule has 6 heteroatoms. The van der Waals surface area contributed by atoms with Crippen molar-refractivity contribution in [3.05, 3.63) is 169 Å². The van der Waals surface area contributed by atoms with Crippen LogP contribution in [0.2, 0.25) is 0 Å². The second-order valence-electron chi connectivity index (χ2n) is 12.5. The molecule has 51 heavy (non-hydrogen) atoms. The molecule has 8 aromatic rings. The van der Waals surface area contributed by atoms with E-state index in [1.54, 1.807) is 0 Å². The van der Waals surface area contributed by atoms with Gasteiger partial charge in [-0.15, -0.1) is 12.6 Å². The molecule has 0 spiro atoms. The number of carbonyl (C=O) groups is 1. The average Bonchev–Trinajstić information content (AvgIpc) is 3.18. The molecule has 248 valence electrons. The van der Waals surface area contributed by atoms with Crippen molar-refractivity contribution in [2.75, 3.05) is 0 Å². The first-order valence-corrected chi connectivity index (χ1v) is 17.4. The Kier molecular flexibility index (Phi) is 9.15. The number of pyridine rings is 2. The summed E-state index contributed by atoms with van der Waals surface area (Å²) < 4.78 is 12.3. The SMILES string of the molecule is O=C(S)CCc1c(-c2ccc(OCc3ccc4ccccc4n3)cc2)cc2ccccc2c1-c1ccc(OCc2ccc3ccccc3n2)cc1. The highest BCUT2D eigenvalue weighted by molar-refractivity contribution is 7.96. The van der Waals surface area contributed by atoms with E-state index in [1.807, 2.05) is 72.8 Å². The largest absolute Gasteiger partial charge is 0.487 e. The molecule has 0 bridgehead atoms. The molecule has 0 aliphatic rings. The Morgan fingerprint density at radius 3 is 1.63 bits per heavy atom. The molecule has 0 N–H and O–H groups in total. The third-order valence-corrected chi connectivity index (χ3v) is 9.36. The monoisotopic (exact) mass is 682 g/mol. The molecule has 8 rings (SSSR count). The summed E-state index contributed by atoms with van der Waals surface area (Å²) in [6, 6.07) is 51.3. The van der Waals surface area contributed by atoms with Crippen molar-refractivity contribution in [2.24, 2.45) is 0 Å². The van der Waals surface area contributed by atoms with Crippen molar-refractivity contribution < 1.29 is 14.3 Å². The number of nitrogens with zero attached hydrogens (tertiary/aromatic N) is 2. The minimum absolute atomic E-state index is 0.142. The van der Waals surface area contributed by atoms with E-state index in [4.69, 9.17) is 19.4 Å². The number of hydrogen-bond acceptors (Lipinski definition) is 5. The van der Waals surface area contributed by atoms with E-state index >= 15 is 0 Å². The van der Waals surface area contributed by atoms with Gasteiger partial charge in [-0.2, -0.15) is 0 Å². The number of carbonyl (C=O) groups excluding carboxylic acids is 1. The van der Waals surface area contributed by atoms with Crippen LogP contribution in [0.4, 0.5) is 0 Å². The van der Waals surface area contributed by atoms with Gasteiger partial charge in [0.05, 0.1) is 22.4 Å². The van der Waals surface area contributed by atoms with Crippen LogP contribution in [0.1, 0.15) is 23.4 Å². The molecule has 0 fully saturated rings. The van der Waals surface area contributed by atoms with Crippen molar-refractivity contribution >= 4 is 50.3 Å². The number of para-hydroxylation sites is 2. The highest BCUT2D eigenvalue weighted by atomic mass is 32.1. The minimum Gasteiger partial charge on any atom is -0.487 e. The number of thiol groups is 1. The molecule has 2 aromatic heterocycles. The fourth-order valence-corrected chi connectivity index (χ4v) is 6.72. The molecule has 0 aliphatic heterocycles. The third kappa shape index (κ3) is 7.18. The zero-order chi connectivity index (χ0) is 34.6. The zero-order valence-corrected chi connectivity index (χ0v) is 28.7. The first-order chi connectivity index (χ1) is 25.1. The van der Waals surface area contributed by atoms with Crippen LogP contribution in [0.3, 0.4) is 0 Å². The Bertz CT molecular complexity index is 2510. The topological polar surface area (TPSA) is 61.3 Å². The van der Waals surface area contributed by atoms with Gasteiger partial charge >= 0.3 is 0 Å². The maximum Gasteiger partial charge on any atom is 0.186 e. The first kappa shape index (κ1) is 32.2. The molecule has 0 radical (unpaired) electrons. The fourth-order valence-electron chi connectivity index (χ4n) is 6.61. The quantitative estimate of drug-likeness (QED) is 0.138. The van der Waals surface area contributed by atoms with Crippen LogP contribution in [0.25, 0.3) is 54.8 Å². The predicted molar refractivity (Wildman–Crippen MR) is 209 cm³/mol. The predicted octanol–water partition coefficient (Wildman–Crippen LogP) is 10.8. The summed E-state index contributed by atoms with van der Waals surface area (Å²) in [5.74, 6) is 1.52. The van der Waals surface area contributed by atoms with Crippen molar-refractivity contribution in [1.29, 1.82) is 0 Å². The lowest BCUT2D eigenvalue weighted by molar-refractivity contribution is -0.110. The van der Waals surface area contributed by atoms with E-state index in [0.29, 0.717) is 26.1 Å². The number of benzene rings is 6. The number of hydrogen-bond donors (Lipinski definition) is 1. The average molecular weight is 683 g/mol. The van der Waals surface area contributed by atoms with Crippen LogP contribution in [0.15, 0.2) is 152 Å². The lowest BCUT2D eigenvalue weighted by Crippen LogP contribution is -2.01. The van der Waals surface area contributed by atoms with Crippen molar-refractivity contribution in [3.63, 3.8) is 0 Å². The van der Waals surface area contributed by atoms with Gasteiger partial charge in [0.1, 0.15) is 24.7 Å². The summed E-state index contributed by atoms with van der Waals surface area (Å²) in [7, 11) is 0. The molecule has 0 atom stereocenters. The number of ether oxygens (including phenoxy) is 2. The maximum absolute atomic E-state index is 12.2. The maximum atomic E-state index is 12.2. The van der Waals surface area contributed by atoms with Crippen molar-refractivity contribution in [3.8, 4) is 33.8 Å². The number of aromatic nitrogens is 2. The lowest BCUT2D eigenvalue weighted by Gasteiger charge is -2.19. The highest BCUT2D eigenvalue weighted by Gasteiger charge is 2.18. The second kappa shape index (κ2) is 14.5. The van der Waals surface area contributed by atoms with E-state index in [1.165, 1.54) is 0 Å². The van der Waals surface area contributed by atoms with Gasteiger partial charge in [0.15, 0.2) is 5.12 Å². The van der Waals surface area contributed by atoms with E-state index in [2.05, 4.69) is 91.5 Å². The first-order valence-electron chi connectivity index (χ1n) is 17.0. The lowest BCUT2D eigenvalue weighted by atomic mass is 9.85. The van der Waals surface area contributed by atoms with Gasteiger partial charge in [-0.05, 0) is 99.6 Å². The van der Waals surface area contributed by atoms with Gasteiger partial charge in [0, 0.05) is 17.2 Å². The van der Waals surface area contributed by atoms with Crippen LogP contribution in [-0.4, -0.2) is 15.1 Å². The van der Waals surface area contributed by atoms with Gasteiger partial charge in [0.2, 0.25) is 0 Å². The molecule has 0 aliphatic carbocycles. The molecule has 0 amide bonds. The van der Waals surface area contributed by atoms with Crippen LogP contribution >= 0.6 is 12.6 Å². The number of fused-ring (bicyclic) bond motifs is 3. The molecule has 0 unspecified atom stereocenters. The Balaban J connectivity index is 1.09. The molecule has 6 aromatic carbocycles. The molecular formula is C45H34N2O3S. The third-order valence-electron chi connectivity index (χ3n) is 9.14. The molecule has 5 nitrogen and oxygen atoms in total. The second-order valence-corrected chi connectivity index (χ2v) is 13.0. The standard InChI is InChI=1S/C45H34N2O3S/c48-44(51)26-25-40-41(30-15-21-37(22-16-30)49-28-35-19-13-31-7-2-5-11-42(31)46-35)27-34-9-1-4-10-39(34)45(40)33-17-23-38(24-18-33)50-29-36-20-14-32-8-3-6-12-43(32)47-36/h1-24,27H,25-26,28-29H2,(H,48,51). The van der Waals surface area contributed by atoms with Crippen LogP contribution in [0.5, 0.6) is 11.5 Å². The van der Waals surface area contributed by atoms with E-state index in [9.17, 15) is 4.79 Å². The van der Waals surface area contributed by atoms with Gasteiger partial charge in [-0.3, -0.25) is 4.79 Å². The fraction of sp³-hybridized carbons (Fsp3) is 0.0889. The van der Waals surface area contributed by atoms with Gasteiger partial charge in [-0.25, -0.2) is 9.97 Å². The Hall–Kier alpha value is -5.98. The van der Waals surface area contributed by atoms with Crippen molar-refractivity contribution in [2.45, 2.75) is 26.1 Å². The summed E-state index contributed by atoms with van der Waals surface area (Å²) >= 11 is 4.14. The van der Waals surface area contributed by atoms with Gasteiger partial charge in [0.25, 0.3) is 0 Å². The molecule has 2 heterocycles. The summed E-state index contributed by atoms with van der Waals surface area (Å²) in [5.41, 5.74) is 9.01. The Morgan fingerprint density at radius 1 is 0.549 bits per heavy atom. The summed E-state index contributed by atoms with van der Waals surface area (Å²) in [4.78, 5) is 21.7. The number of rotatable bonds is 11. The van der Waals surface area contributed by atoms with Crippen LogP contribution < -0.4 is 9.47 Å². The summed E-state index contributed by atoms with van der Waals surface area (Å²) in [5, 5.41) is 4.31. The van der Waals surface area contributed by atoms with Gasteiger partial charge < -0.3 is 9.47 Å². The summed E-state index contributed by atoms with van der Waals surface area (Å²) in [6.45, 7) is 0.745. The normalized spacial score (nSPS) is 11.2.